The number of guanidine groups is 1. The number of aromatic nitrogens is 1. The molecule has 1 aromatic carbocycles. The summed E-state index contributed by atoms with van der Waals surface area (Å²) in [7, 11) is 5.29. The Bertz CT molecular complexity index is 825. The Balaban J connectivity index is 0.00000364. The highest BCUT2D eigenvalue weighted by Crippen LogP contribution is 2.19. The van der Waals surface area contributed by atoms with Gasteiger partial charge >= 0.3 is 0 Å². The fourth-order valence-corrected chi connectivity index (χ4v) is 2.34. The fraction of sp³-hybridized carbons (Fsp3) is 0.294. The van der Waals surface area contributed by atoms with Gasteiger partial charge in [0.15, 0.2) is 23.4 Å². The monoisotopic (exact) mass is 495 g/mol. The molecule has 27 heavy (non-hydrogen) atoms. The van der Waals surface area contributed by atoms with Crippen molar-refractivity contribution in [3.05, 3.63) is 53.6 Å². The molecule has 1 heterocycles. The Morgan fingerprint density at radius 1 is 1.22 bits per heavy atom. The molecule has 0 aliphatic heterocycles. The average Bonchev–Trinajstić information content (AvgIpc) is 3.01. The number of aryl methyl sites for hydroxylation is 1. The van der Waals surface area contributed by atoms with Gasteiger partial charge in [-0.1, -0.05) is 0 Å². The van der Waals surface area contributed by atoms with Crippen molar-refractivity contribution < 1.29 is 18.0 Å². The summed E-state index contributed by atoms with van der Waals surface area (Å²) < 4.78 is 41.6. The minimum Gasteiger partial charge on any atom is -0.353 e. The molecule has 2 rings (SSSR count). The van der Waals surface area contributed by atoms with Crippen LogP contribution < -0.4 is 10.6 Å². The molecule has 0 fully saturated rings. The number of benzene rings is 1. The van der Waals surface area contributed by atoms with Crippen LogP contribution in [0.5, 0.6) is 0 Å². The van der Waals surface area contributed by atoms with Gasteiger partial charge in [0.25, 0.3) is 0 Å². The molecule has 0 spiro atoms. The topological polar surface area (TPSA) is 61.7 Å². The maximum atomic E-state index is 13.6. The summed E-state index contributed by atoms with van der Waals surface area (Å²) >= 11 is 0. The summed E-state index contributed by atoms with van der Waals surface area (Å²) in [5.41, 5.74) is 0.617. The molecule has 1 aromatic heterocycles. The zero-order valence-corrected chi connectivity index (χ0v) is 17.4. The number of nitrogens with zero attached hydrogens (tertiary/aromatic N) is 3. The average molecular weight is 495 g/mol. The lowest BCUT2D eigenvalue weighted by atomic mass is 10.2. The third-order valence-electron chi connectivity index (χ3n) is 3.74. The molecule has 148 valence electrons. The smallest absolute Gasteiger partial charge is 0.243 e. The first-order chi connectivity index (χ1) is 12.3. The van der Waals surface area contributed by atoms with E-state index < -0.39 is 29.0 Å². The summed E-state index contributed by atoms with van der Waals surface area (Å²) in [5, 5.41) is 5.02. The number of hydrogen-bond donors (Lipinski definition) is 2. The van der Waals surface area contributed by atoms with Gasteiger partial charge in [0.1, 0.15) is 0 Å². The lowest BCUT2D eigenvalue weighted by Crippen LogP contribution is -2.42. The van der Waals surface area contributed by atoms with Crippen molar-refractivity contribution in [3.63, 3.8) is 0 Å². The van der Waals surface area contributed by atoms with Gasteiger partial charge in [0, 0.05) is 33.0 Å². The Morgan fingerprint density at radius 3 is 2.52 bits per heavy atom. The molecule has 0 radical (unpaired) electrons. The highest BCUT2D eigenvalue weighted by atomic mass is 127. The minimum absolute atomic E-state index is 0. The molecule has 2 N–H and O–H groups in total. The van der Waals surface area contributed by atoms with Gasteiger partial charge in [-0.15, -0.1) is 24.0 Å². The Hall–Kier alpha value is -2.24. The van der Waals surface area contributed by atoms with E-state index >= 15 is 0 Å². The Morgan fingerprint density at radius 2 is 1.93 bits per heavy atom. The number of amides is 1. The number of nitrogens with one attached hydrogen (secondary N) is 2. The summed E-state index contributed by atoms with van der Waals surface area (Å²) in [6.45, 7) is 0.338. The fourth-order valence-electron chi connectivity index (χ4n) is 2.34. The molecule has 0 saturated heterocycles. The number of halogens is 4. The number of hydrogen-bond acceptors (Lipinski definition) is 2. The summed E-state index contributed by atoms with van der Waals surface area (Å²) in [6, 6.07) is 5.58. The van der Waals surface area contributed by atoms with Gasteiger partial charge in [-0.3, -0.25) is 9.79 Å². The molecule has 0 saturated carbocycles. The zero-order chi connectivity index (χ0) is 19.3. The van der Waals surface area contributed by atoms with Crippen LogP contribution in [0.1, 0.15) is 5.69 Å². The summed E-state index contributed by atoms with van der Waals surface area (Å²) in [5.74, 6) is -4.56. The third kappa shape index (κ3) is 5.88. The van der Waals surface area contributed by atoms with E-state index in [4.69, 9.17) is 0 Å². The lowest BCUT2D eigenvalue weighted by molar-refractivity contribution is -0.115. The first-order valence-corrected chi connectivity index (χ1v) is 7.78. The molecule has 6 nitrogen and oxygen atoms in total. The van der Waals surface area contributed by atoms with Crippen molar-refractivity contribution in [3.8, 4) is 0 Å². The van der Waals surface area contributed by atoms with E-state index in [9.17, 15) is 18.0 Å². The quantitative estimate of drug-likeness (QED) is 0.291. The van der Waals surface area contributed by atoms with E-state index in [1.54, 1.807) is 19.0 Å². The largest absolute Gasteiger partial charge is 0.353 e. The molecule has 0 bridgehead atoms. The number of carbonyl (C=O) groups is 1. The third-order valence-corrected chi connectivity index (χ3v) is 3.74. The van der Waals surface area contributed by atoms with Crippen molar-refractivity contribution in [1.82, 2.24) is 14.8 Å². The highest BCUT2D eigenvalue weighted by Gasteiger charge is 2.16. The van der Waals surface area contributed by atoms with Gasteiger partial charge < -0.3 is 20.1 Å². The highest BCUT2D eigenvalue weighted by molar-refractivity contribution is 14.0. The van der Waals surface area contributed by atoms with Crippen LogP contribution in [-0.2, 0) is 18.4 Å². The molecular formula is C17H21F3IN5O. The van der Waals surface area contributed by atoms with Crippen LogP contribution in [0.3, 0.4) is 0 Å². The second-order valence-corrected chi connectivity index (χ2v) is 5.64. The van der Waals surface area contributed by atoms with Crippen LogP contribution in [0, 0.1) is 17.5 Å². The van der Waals surface area contributed by atoms with Crippen molar-refractivity contribution in [2.24, 2.45) is 12.0 Å². The summed E-state index contributed by atoms with van der Waals surface area (Å²) in [4.78, 5) is 17.8. The first-order valence-electron chi connectivity index (χ1n) is 7.78. The van der Waals surface area contributed by atoms with Gasteiger partial charge in [-0.05, 0) is 24.3 Å². The normalized spacial score (nSPS) is 11.0. The van der Waals surface area contributed by atoms with E-state index in [-0.39, 0.29) is 30.5 Å². The summed E-state index contributed by atoms with van der Waals surface area (Å²) in [6.07, 6.45) is 1.92. The maximum Gasteiger partial charge on any atom is 0.243 e. The second kappa shape index (κ2) is 10.2. The molecule has 0 atom stereocenters. The first kappa shape index (κ1) is 22.8. The van der Waals surface area contributed by atoms with E-state index in [1.807, 2.05) is 29.9 Å². The van der Waals surface area contributed by atoms with Crippen molar-refractivity contribution >= 4 is 41.5 Å². The van der Waals surface area contributed by atoms with Gasteiger partial charge in [-0.2, -0.15) is 0 Å². The van der Waals surface area contributed by atoms with Crippen LogP contribution >= 0.6 is 24.0 Å². The van der Waals surface area contributed by atoms with Crippen molar-refractivity contribution in [1.29, 1.82) is 0 Å². The molecule has 0 aliphatic rings. The maximum absolute atomic E-state index is 13.6. The van der Waals surface area contributed by atoms with E-state index in [0.717, 1.165) is 17.8 Å². The lowest BCUT2D eigenvalue weighted by Gasteiger charge is -2.22. The number of rotatable bonds is 5. The molecule has 0 unspecified atom stereocenters. The van der Waals surface area contributed by atoms with Crippen molar-refractivity contribution in [2.75, 3.05) is 26.0 Å². The number of carbonyl (C=O) groups excluding carboxylic acids is 1. The van der Waals surface area contributed by atoms with E-state index in [1.165, 1.54) is 0 Å². The van der Waals surface area contributed by atoms with Crippen molar-refractivity contribution in [2.45, 2.75) is 6.54 Å². The minimum atomic E-state index is -1.63. The molecule has 0 aliphatic carbocycles. The second-order valence-electron chi connectivity index (χ2n) is 5.64. The Kier molecular flexibility index (Phi) is 8.60. The van der Waals surface area contributed by atoms with Gasteiger partial charge in [0.05, 0.1) is 18.8 Å². The predicted molar refractivity (Wildman–Crippen MR) is 109 cm³/mol. The predicted octanol–water partition coefficient (Wildman–Crippen LogP) is 2.71. The van der Waals surface area contributed by atoms with Gasteiger partial charge in [0.2, 0.25) is 5.91 Å². The molecular weight excluding hydrogens is 474 g/mol. The molecule has 1 amide bonds. The van der Waals surface area contributed by atoms with E-state index in [0.29, 0.717) is 12.5 Å². The standard InChI is InChI=1S/C17H20F3N5O.HI/c1-21-17(25(3)10-11-5-4-8-24(11)2)22-9-14(26)23-13-7-6-12(18)15(19)16(13)20;/h4-8H,9-10H2,1-3H3,(H,21,22)(H,23,26);1H. The van der Waals surface area contributed by atoms with Crippen LogP contribution in [0.4, 0.5) is 18.9 Å². The Labute approximate surface area is 172 Å². The molecule has 2 aromatic rings. The van der Waals surface area contributed by atoms with E-state index in [2.05, 4.69) is 15.6 Å². The van der Waals surface area contributed by atoms with Crippen LogP contribution in [0.2, 0.25) is 0 Å². The van der Waals surface area contributed by atoms with Crippen LogP contribution in [-0.4, -0.2) is 42.0 Å². The van der Waals surface area contributed by atoms with Crippen LogP contribution in [0.15, 0.2) is 35.5 Å². The molecule has 10 heteroatoms. The number of aliphatic imine (C=N–C) groups is 1. The van der Waals surface area contributed by atoms with Gasteiger partial charge in [-0.25, -0.2) is 13.2 Å². The number of anilines is 1. The zero-order valence-electron chi connectivity index (χ0n) is 15.1. The SMILES string of the molecule is CN=C(NCC(=O)Nc1ccc(F)c(F)c1F)N(C)Cc1cccn1C.I. The van der Waals surface area contributed by atoms with Crippen LogP contribution in [0.25, 0.3) is 0 Å².